The van der Waals surface area contributed by atoms with Gasteiger partial charge in [-0.15, -0.1) is 0 Å². The number of imidazole rings is 1. The lowest BCUT2D eigenvalue weighted by Crippen LogP contribution is -2.31. The first-order valence-corrected chi connectivity index (χ1v) is 11.3. The molecule has 9 nitrogen and oxygen atoms in total. The third-order valence-corrected chi connectivity index (χ3v) is 6.14. The number of nitrogens with two attached hydrogens (primary N) is 1. The monoisotopic (exact) mass is 468 g/mol. The summed E-state index contributed by atoms with van der Waals surface area (Å²) in [5.41, 5.74) is 8.42. The fourth-order valence-electron chi connectivity index (χ4n) is 4.42. The lowest BCUT2D eigenvalue weighted by atomic mass is 10.2. The molecule has 0 saturated carbocycles. The highest BCUT2D eigenvalue weighted by Crippen LogP contribution is 2.29. The third-order valence-electron chi connectivity index (χ3n) is 6.14. The number of fused-ring (bicyclic) bond motifs is 1. The number of aromatic nitrogens is 4. The van der Waals surface area contributed by atoms with Crippen LogP contribution in [0.5, 0.6) is 11.5 Å². The molecule has 1 saturated heterocycles. The van der Waals surface area contributed by atoms with Crippen LogP contribution in [0.15, 0.2) is 59.7 Å². The van der Waals surface area contributed by atoms with E-state index in [1.54, 1.807) is 40.7 Å². The Labute approximate surface area is 201 Å². The van der Waals surface area contributed by atoms with Gasteiger partial charge in [-0.25, -0.2) is 14.8 Å². The molecule has 1 atom stereocenters. The highest BCUT2D eigenvalue weighted by molar-refractivity contribution is 5.93. The number of aryl methyl sites for hydroxylation is 1. The molecule has 1 fully saturated rings. The Bertz CT molecular complexity index is 1540. The summed E-state index contributed by atoms with van der Waals surface area (Å²) >= 11 is 0. The molecule has 35 heavy (non-hydrogen) atoms. The minimum absolute atomic E-state index is 0.203. The highest BCUT2D eigenvalue weighted by atomic mass is 16.5. The van der Waals surface area contributed by atoms with Crippen LogP contribution in [0, 0.1) is 18.8 Å². The van der Waals surface area contributed by atoms with Gasteiger partial charge in [0.05, 0.1) is 11.7 Å². The maximum atomic E-state index is 13.7. The molecular formula is C26H24N6O3. The summed E-state index contributed by atoms with van der Waals surface area (Å²) in [5, 5.41) is 0. The molecule has 2 N–H and O–H groups in total. The van der Waals surface area contributed by atoms with Crippen LogP contribution in [0.2, 0.25) is 0 Å². The highest BCUT2D eigenvalue weighted by Gasteiger charge is 2.31. The summed E-state index contributed by atoms with van der Waals surface area (Å²) in [6.07, 6.45) is 1.96. The zero-order valence-corrected chi connectivity index (χ0v) is 19.4. The summed E-state index contributed by atoms with van der Waals surface area (Å²) in [6, 6.07) is 14.7. The van der Waals surface area contributed by atoms with E-state index < -0.39 is 0 Å². The Balaban J connectivity index is 1.53. The smallest absolute Gasteiger partial charge is 0.335 e. The van der Waals surface area contributed by atoms with E-state index in [9.17, 15) is 9.59 Å². The molecule has 9 heteroatoms. The normalized spacial score (nSPS) is 15.1. The average molecular weight is 469 g/mol. The van der Waals surface area contributed by atoms with Gasteiger partial charge in [-0.2, -0.15) is 0 Å². The van der Waals surface area contributed by atoms with Crippen LogP contribution in [0.4, 0.5) is 5.82 Å². The van der Waals surface area contributed by atoms with Gasteiger partial charge in [0, 0.05) is 13.1 Å². The Morgan fingerprint density at radius 2 is 1.91 bits per heavy atom. The van der Waals surface area contributed by atoms with E-state index in [1.807, 2.05) is 31.2 Å². The zero-order chi connectivity index (χ0) is 24.5. The predicted molar refractivity (Wildman–Crippen MR) is 132 cm³/mol. The van der Waals surface area contributed by atoms with E-state index in [4.69, 9.17) is 10.5 Å². The van der Waals surface area contributed by atoms with E-state index in [-0.39, 0.29) is 23.5 Å². The number of carbonyl (C=O) groups is 1. The van der Waals surface area contributed by atoms with Gasteiger partial charge in [-0.1, -0.05) is 24.1 Å². The number of benzene rings is 2. The summed E-state index contributed by atoms with van der Waals surface area (Å²) in [4.78, 5) is 36.1. The van der Waals surface area contributed by atoms with E-state index in [1.165, 1.54) is 10.9 Å². The molecule has 1 aliphatic rings. The second-order valence-electron chi connectivity index (χ2n) is 8.35. The van der Waals surface area contributed by atoms with Crippen molar-refractivity contribution in [2.24, 2.45) is 0 Å². The summed E-state index contributed by atoms with van der Waals surface area (Å²) in [6.45, 7) is 4.50. The number of carbonyl (C=O) groups excluding carboxylic acids is 1. The van der Waals surface area contributed by atoms with Crippen molar-refractivity contribution in [1.29, 1.82) is 0 Å². The number of nitrogen functional groups attached to an aromatic ring is 1. The number of ether oxygens (including phenoxy) is 1. The van der Waals surface area contributed by atoms with Crippen molar-refractivity contribution in [3.05, 3.63) is 70.9 Å². The minimum Gasteiger partial charge on any atom is -0.457 e. The van der Waals surface area contributed by atoms with Gasteiger partial charge in [-0.3, -0.25) is 13.9 Å². The SMILES string of the molecule is CC#CC(=O)N1CCC(n2c(=O)n(-c3ccc(Oc4ccccc4C)cc3)c3c(N)ncnc32)C1. The second-order valence-corrected chi connectivity index (χ2v) is 8.35. The number of anilines is 1. The van der Waals surface area contributed by atoms with Crippen LogP contribution < -0.4 is 16.2 Å². The standard InChI is InChI=1S/C26H24N6O3/c1-3-6-22(33)30-14-13-19(15-30)32-25-23(24(27)28-16-29-25)31(26(32)34)18-9-11-20(12-10-18)35-21-8-5-4-7-17(21)2/h4-5,7-12,16,19H,13-15H2,1-2H3,(H2,27,28,29). The Morgan fingerprint density at radius 1 is 1.14 bits per heavy atom. The molecule has 3 heterocycles. The molecule has 2 aromatic heterocycles. The zero-order valence-electron chi connectivity index (χ0n) is 19.4. The molecule has 1 amide bonds. The summed E-state index contributed by atoms with van der Waals surface area (Å²) in [5.74, 6) is 6.56. The molecule has 5 rings (SSSR count). The fourth-order valence-corrected chi connectivity index (χ4v) is 4.42. The molecule has 0 radical (unpaired) electrons. The van der Waals surface area contributed by atoms with Crippen molar-refractivity contribution >= 4 is 22.9 Å². The molecule has 0 bridgehead atoms. The van der Waals surface area contributed by atoms with Crippen LogP contribution in [-0.4, -0.2) is 43.0 Å². The van der Waals surface area contributed by atoms with E-state index in [2.05, 4.69) is 21.8 Å². The van der Waals surface area contributed by atoms with Crippen molar-refractivity contribution in [3.63, 3.8) is 0 Å². The molecule has 176 valence electrons. The molecule has 0 aliphatic carbocycles. The lowest BCUT2D eigenvalue weighted by molar-refractivity contribution is -0.124. The molecule has 2 aromatic carbocycles. The van der Waals surface area contributed by atoms with Crippen LogP contribution >= 0.6 is 0 Å². The van der Waals surface area contributed by atoms with E-state index in [0.29, 0.717) is 42.1 Å². The van der Waals surface area contributed by atoms with Gasteiger partial charge in [-0.05, 0) is 62.1 Å². The molecule has 0 spiro atoms. The van der Waals surface area contributed by atoms with Crippen molar-refractivity contribution < 1.29 is 9.53 Å². The first kappa shape index (κ1) is 22.2. The number of likely N-dealkylation sites (tertiary alicyclic amines) is 1. The Hall–Kier alpha value is -4.58. The number of hydrogen-bond acceptors (Lipinski definition) is 6. The molecule has 4 aromatic rings. The van der Waals surface area contributed by atoms with Crippen molar-refractivity contribution in [3.8, 4) is 29.0 Å². The van der Waals surface area contributed by atoms with Gasteiger partial charge in [0.2, 0.25) is 0 Å². The van der Waals surface area contributed by atoms with Crippen LogP contribution in [0.1, 0.15) is 24.9 Å². The maximum Gasteiger partial charge on any atom is 0.335 e. The lowest BCUT2D eigenvalue weighted by Gasteiger charge is -2.14. The number of amides is 1. The summed E-state index contributed by atoms with van der Waals surface area (Å²) < 4.78 is 9.11. The number of nitrogens with zero attached hydrogens (tertiary/aromatic N) is 5. The number of rotatable bonds is 4. The first-order chi connectivity index (χ1) is 17.0. The quantitative estimate of drug-likeness (QED) is 0.461. The number of para-hydroxylation sites is 1. The Morgan fingerprint density at radius 3 is 2.66 bits per heavy atom. The molecule has 1 aliphatic heterocycles. The maximum absolute atomic E-state index is 13.7. The topological polar surface area (TPSA) is 108 Å². The van der Waals surface area contributed by atoms with Gasteiger partial charge >= 0.3 is 5.69 Å². The average Bonchev–Trinajstić information content (AvgIpc) is 3.44. The van der Waals surface area contributed by atoms with Crippen molar-refractivity contribution in [1.82, 2.24) is 24.0 Å². The molecule has 1 unspecified atom stereocenters. The fraction of sp³-hybridized carbons (Fsp3) is 0.231. The number of hydrogen-bond donors (Lipinski definition) is 1. The third kappa shape index (κ3) is 3.99. The Kier molecular flexibility index (Phi) is 5.71. The predicted octanol–water partition coefficient (Wildman–Crippen LogP) is 3.06. The van der Waals surface area contributed by atoms with Gasteiger partial charge in [0.1, 0.15) is 23.3 Å². The summed E-state index contributed by atoms with van der Waals surface area (Å²) in [7, 11) is 0. The van der Waals surface area contributed by atoms with Gasteiger partial charge in [0.25, 0.3) is 5.91 Å². The second kappa shape index (κ2) is 8.99. The van der Waals surface area contributed by atoms with Crippen LogP contribution in [0.3, 0.4) is 0 Å². The van der Waals surface area contributed by atoms with E-state index in [0.717, 1.165) is 11.3 Å². The van der Waals surface area contributed by atoms with E-state index >= 15 is 0 Å². The first-order valence-electron chi connectivity index (χ1n) is 11.3. The van der Waals surface area contributed by atoms with Crippen molar-refractivity contribution in [2.45, 2.75) is 26.3 Å². The van der Waals surface area contributed by atoms with Crippen LogP contribution in [0.25, 0.3) is 16.9 Å². The van der Waals surface area contributed by atoms with Gasteiger partial charge < -0.3 is 15.4 Å². The minimum atomic E-state index is -0.291. The largest absolute Gasteiger partial charge is 0.457 e. The van der Waals surface area contributed by atoms with Crippen LogP contribution in [-0.2, 0) is 4.79 Å². The van der Waals surface area contributed by atoms with Crippen molar-refractivity contribution in [2.75, 3.05) is 18.8 Å². The van der Waals surface area contributed by atoms with Gasteiger partial charge in [0.15, 0.2) is 11.5 Å². The molecular weight excluding hydrogens is 444 g/mol.